The maximum Gasteiger partial charge on any atom is 0.123 e. The molecule has 2 N–H and O–H groups in total. The molecular formula is C15H18FNOS. The molecule has 102 valence electrons. The average molecular weight is 279 g/mol. The van der Waals surface area contributed by atoms with Crippen molar-refractivity contribution < 1.29 is 9.50 Å². The van der Waals surface area contributed by atoms with E-state index in [9.17, 15) is 4.39 Å². The van der Waals surface area contributed by atoms with E-state index in [4.69, 9.17) is 5.11 Å². The Labute approximate surface area is 116 Å². The van der Waals surface area contributed by atoms with Gasteiger partial charge in [-0.3, -0.25) is 0 Å². The van der Waals surface area contributed by atoms with Gasteiger partial charge in [0.2, 0.25) is 0 Å². The average Bonchev–Trinajstić information content (AvgIpc) is 2.84. The Bertz CT molecular complexity index is 507. The lowest BCUT2D eigenvalue weighted by Crippen LogP contribution is -2.17. The molecule has 0 radical (unpaired) electrons. The van der Waals surface area contributed by atoms with E-state index in [0.717, 1.165) is 30.0 Å². The van der Waals surface area contributed by atoms with Crippen LogP contribution in [0.5, 0.6) is 0 Å². The summed E-state index contributed by atoms with van der Waals surface area (Å²) in [6.45, 7) is 3.40. The molecule has 19 heavy (non-hydrogen) atoms. The zero-order valence-electron chi connectivity index (χ0n) is 10.9. The number of aliphatic hydroxyl groups excluding tert-OH is 1. The summed E-state index contributed by atoms with van der Waals surface area (Å²) < 4.78 is 12.9. The fourth-order valence-electron chi connectivity index (χ4n) is 1.76. The molecule has 2 nitrogen and oxygen atoms in total. The molecule has 0 bridgehead atoms. The molecule has 0 saturated carbocycles. The van der Waals surface area contributed by atoms with Gasteiger partial charge in [0.15, 0.2) is 0 Å². The molecule has 0 spiro atoms. The second kappa shape index (κ2) is 6.80. The van der Waals surface area contributed by atoms with Gasteiger partial charge < -0.3 is 10.4 Å². The Balaban J connectivity index is 1.90. The van der Waals surface area contributed by atoms with Crippen molar-refractivity contribution in [3.8, 4) is 10.4 Å². The van der Waals surface area contributed by atoms with Crippen LogP contribution in [0.15, 0.2) is 36.4 Å². The van der Waals surface area contributed by atoms with Crippen molar-refractivity contribution in [2.45, 2.75) is 26.0 Å². The Hall–Kier alpha value is -1.23. The first kappa shape index (κ1) is 14.2. The monoisotopic (exact) mass is 279 g/mol. The lowest BCUT2D eigenvalue weighted by Gasteiger charge is -2.04. The van der Waals surface area contributed by atoms with E-state index in [1.54, 1.807) is 30.4 Å². The first-order chi connectivity index (χ1) is 9.15. The van der Waals surface area contributed by atoms with E-state index in [2.05, 4.69) is 17.4 Å². The van der Waals surface area contributed by atoms with Crippen LogP contribution in [0.3, 0.4) is 0 Å². The van der Waals surface area contributed by atoms with Gasteiger partial charge in [0.25, 0.3) is 0 Å². The van der Waals surface area contributed by atoms with Gasteiger partial charge in [-0.25, -0.2) is 4.39 Å². The number of nitrogens with one attached hydrogen (secondary N) is 1. The maximum atomic E-state index is 12.9. The predicted molar refractivity (Wildman–Crippen MR) is 77.7 cm³/mol. The fourth-order valence-corrected chi connectivity index (χ4v) is 2.75. The molecule has 0 aliphatic rings. The molecule has 0 saturated heterocycles. The lowest BCUT2D eigenvalue weighted by molar-refractivity contribution is 0.183. The van der Waals surface area contributed by atoms with E-state index < -0.39 is 0 Å². The highest BCUT2D eigenvalue weighted by molar-refractivity contribution is 7.15. The Morgan fingerprint density at radius 2 is 1.95 bits per heavy atom. The smallest absolute Gasteiger partial charge is 0.123 e. The van der Waals surface area contributed by atoms with E-state index in [-0.39, 0.29) is 11.9 Å². The van der Waals surface area contributed by atoms with Crippen molar-refractivity contribution in [2.75, 3.05) is 6.54 Å². The van der Waals surface area contributed by atoms with Gasteiger partial charge in [-0.15, -0.1) is 11.3 Å². The summed E-state index contributed by atoms with van der Waals surface area (Å²) in [5, 5.41) is 12.5. The van der Waals surface area contributed by atoms with Gasteiger partial charge in [0.05, 0.1) is 6.10 Å². The normalized spacial score (nSPS) is 12.6. The van der Waals surface area contributed by atoms with Crippen LogP contribution in [0.25, 0.3) is 10.4 Å². The zero-order valence-corrected chi connectivity index (χ0v) is 11.7. The Morgan fingerprint density at radius 3 is 2.63 bits per heavy atom. The third-order valence-electron chi connectivity index (χ3n) is 2.83. The summed E-state index contributed by atoms with van der Waals surface area (Å²) >= 11 is 1.70. The highest BCUT2D eigenvalue weighted by Gasteiger charge is 2.03. The summed E-state index contributed by atoms with van der Waals surface area (Å²) in [5.41, 5.74) is 1.04. The molecule has 1 aromatic carbocycles. The second-order valence-electron chi connectivity index (χ2n) is 4.59. The number of aliphatic hydroxyl groups is 1. The van der Waals surface area contributed by atoms with Gasteiger partial charge in [0, 0.05) is 16.3 Å². The van der Waals surface area contributed by atoms with E-state index in [0.29, 0.717) is 0 Å². The van der Waals surface area contributed by atoms with Crippen molar-refractivity contribution >= 4 is 11.3 Å². The van der Waals surface area contributed by atoms with Crippen LogP contribution in [0.4, 0.5) is 4.39 Å². The highest BCUT2D eigenvalue weighted by atomic mass is 32.1. The van der Waals surface area contributed by atoms with Crippen molar-refractivity contribution in [1.82, 2.24) is 5.32 Å². The van der Waals surface area contributed by atoms with Crippen LogP contribution in [0.1, 0.15) is 18.2 Å². The largest absolute Gasteiger partial charge is 0.393 e. The summed E-state index contributed by atoms with van der Waals surface area (Å²) in [4.78, 5) is 2.39. The molecule has 2 aromatic rings. The molecule has 0 amide bonds. The number of halogens is 1. The van der Waals surface area contributed by atoms with Crippen molar-refractivity contribution in [2.24, 2.45) is 0 Å². The minimum Gasteiger partial charge on any atom is -0.393 e. The topological polar surface area (TPSA) is 32.3 Å². The first-order valence-electron chi connectivity index (χ1n) is 6.38. The van der Waals surface area contributed by atoms with E-state index >= 15 is 0 Å². The predicted octanol–water partition coefficient (Wildman–Crippen LogP) is 3.41. The third-order valence-corrected chi connectivity index (χ3v) is 3.96. The molecule has 0 aliphatic carbocycles. The molecule has 1 heterocycles. The number of hydrogen-bond acceptors (Lipinski definition) is 3. The highest BCUT2D eigenvalue weighted by Crippen LogP contribution is 2.28. The van der Waals surface area contributed by atoms with Crippen LogP contribution in [-0.2, 0) is 6.54 Å². The van der Waals surface area contributed by atoms with Gasteiger partial charge in [-0.2, -0.15) is 0 Å². The quantitative estimate of drug-likeness (QED) is 0.794. The minimum absolute atomic E-state index is 0.208. The van der Waals surface area contributed by atoms with Crippen LogP contribution in [0, 0.1) is 5.82 Å². The summed E-state index contributed by atoms with van der Waals surface area (Å²) in [6, 6.07) is 10.7. The number of hydrogen-bond donors (Lipinski definition) is 2. The second-order valence-corrected chi connectivity index (χ2v) is 5.76. The maximum absolute atomic E-state index is 12.9. The Morgan fingerprint density at radius 1 is 1.21 bits per heavy atom. The number of thiophene rings is 1. The van der Waals surface area contributed by atoms with Gasteiger partial charge >= 0.3 is 0 Å². The van der Waals surface area contributed by atoms with Crippen LogP contribution < -0.4 is 5.32 Å². The molecule has 0 fully saturated rings. The van der Waals surface area contributed by atoms with Crippen molar-refractivity contribution in [3.63, 3.8) is 0 Å². The number of benzene rings is 1. The molecule has 1 atom stereocenters. The zero-order chi connectivity index (χ0) is 13.7. The van der Waals surface area contributed by atoms with Gasteiger partial charge in [-0.05, 0) is 49.7 Å². The Kier molecular flexibility index (Phi) is 5.07. The van der Waals surface area contributed by atoms with Crippen LogP contribution >= 0.6 is 11.3 Å². The van der Waals surface area contributed by atoms with Gasteiger partial charge in [-0.1, -0.05) is 12.1 Å². The van der Waals surface area contributed by atoms with E-state index in [1.165, 1.54) is 17.0 Å². The minimum atomic E-state index is -0.259. The fraction of sp³-hybridized carbons (Fsp3) is 0.333. The lowest BCUT2D eigenvalue weighted by atomic mass is 10.2. The third kappa shape index (κ3) is 4.42. The SMILES string of the molecule is CC(O)CCNCc1ccc(-c2ccc(F)cc2)s1. The standard InChI is InChI=1S/C15H18FNOS/c1-11(18)8-9-17-10-14-6-7-15(19-14)12-2-4-13(16)5-3-12/h2-7,11,17-18H,8-10H2,1H3. The van der Waals surface area contributed by atoms with Crippen molar-refractivity contribution in [3.05, 3.63) is 47.1 Å². The molecule has 1 unspecified atom stereocenters. The number of rotatable bonds is 6. The molecule has 0 aliphatic heterocycles. The molecule has 1 aromatic heterocycles. The molecular weight excluding hydrogens is 261 g/mol. The summed E-state index contributed by atoms with van der Waals surface area (Å²) in [5.74, 6) is -0.208. The molecule has 2 rings (SSSR count). The first-order valence-corrected chi connectivity index (χ1v) is 7.20. The molecule has 4 heteroatoms. The van der Waals surface area contributed by atoms with E-state index in [1.807, 2.05) is 0 Å². The van der Waals surface area contributed by atoms with Gasteiger partial charge in [0.1, 0.15) is 5.82 Å². The van der Waals surface area contributed by atoms with Crippen LogP contribution in [0.2, 0.25) is 0 Å². The van der Waals surface area contributed by atoms with Crippen molar-refractivity contribution in [1.29, 1.82) is 0 Å². The van der Waals surface area contributed by atoms with Crippen LogP contribution in [-0.4, -0.2) is 17.8 Å². The summed E-state index contributed by atoms with van der Waals surface area (Å²) in [7, 11) is 0. The summed E-state index contributed by atoms with van der Waals surface area (Å²) in [6.07, 6.45) is 0.501.